The molecule has 0 amide bonds. The first-order valence-corrected chi connectivity index (χ1v) is 7.32. The van der Waals surface area contributed by atoms with Gasteiger partial charge in [0.1, 0.15) is 6.10 Å². The van der Waals surface area contributed by atoms with Crippen molar-refractivity contribution >= 4 is 0 Å². The number of morpholine rings is 1. The van der Waals surface area contributed by atoms with Crippen LogP contribution in [0.3, 0.4) is 0 Å². The molecule has 0 bridgehead atoms. The second kappa shape index (κ2) is 6.85. The van der Waals surface area contributed by atoms with Crippen molar-refractivity contribution in [3.63, 3.8) is 0 Å². The molecule has 0 spiro atoms. The van der Waals surface area contributed by atoms with Gasteiger partial charge in [-0.1, -0.05) is 18.2 Å². The van der Waals surface area contributed by atoms with Gasteiger partial charge < -0.3 is 19.4 Å². The van der Waals surface area contributed by atoms with E-state index < -0.39 is 0 Å². The topological polar surface area (TPSA) is 48.3 Å². The molecule has 0 radical (unpaired) electrons. The lowest BCUT2D eigenvalue weighted by Crippen LogP contribution is -2.34. The summed E-state index contributed by atoms with van der Waals surface area (Å²) < 4.78 is 13.2. The van der Waals surface area contributed by atoms with E-state index in [1.165, 1.54) is 5.56 Å². The van der Waals surface area contributed by atoms with Gasteiger partial charge in [-0.05, 0) is 18.1 Å². The molecule has 2 aromatic rings. The number of aromatic nitrogens is 2. The Morgan fingerprint density at radius 2 is 2.33 bits per heavy atom. The SMILES string of the molecule is COCCc1ccccc1-n1cncc1C1CNCCO1. The van der Waals surface area contributed by atoms with E-state index in [1.807, 2.05) is 12.5 Å². The highest BCUT2D eigenvalue weighted by atomic mass is 16.5. The number of ether oxygens (including phenoxy) is 2. The van der Waals surface area contributed by atoms with Crippen LogP contribution in [0, 0.1) is 0 Å². The number of nitrogens with one attached hydrogen (secondary N) is 1. The Balaban J connectivity index is 1.92. The second-order valence-electron chi connectivity index (χ2n) is 5.12. The largest absolute Gasteiger partial charge is 0.384 e. The van der Waals surface area contributed by atoms with Gasteiger partial charge in [-0.15, -0.1) is 0 Å². The van der Waals surface area contributed by atoms with Gasteiger partial charge in [-0.2, -0.15) is 0 Å². The van der Waals surface area contributed by atoms with Gasteiger partial charge in [-0.25, -0.2) is 4.98 Å². The number of hydrogen-bond donors (Lipinski definition) is 1. The van der Waals surface area contributed by atoms with E-state index in [-0.39, 0.29) is 6.10 Å². The molecular formula is C16H21N3O2. The van der Waals surface area contributed by atoms with Gasteiger partial charge in [0.15, 0.2) is 0 Å². The summed E-state index contributed by atoms with van der Waals surface area (Å²) in [5.41, 5.74) is 3.49. The van der Waals surface area contributed by atoms with Gasteiger partial charge in [0.05, 0.1) is 37.1 Å². The normalized spacial score (nSPS) is 18.8. The summed E-state index contributed by atoms with van der Waals surface area (Å²) in [5, 5.41) is 3.36. The number of benzene rings is 1. The summed E-state index contributed by atoms with van der Waals surface area (Å²) in [4.78, 5) is 4.32. The maximum atomic E-state index is 5.86. The Morgan fingerprint density at radius 1 is 1.43 bits per heavy atom. The van der Waals surface area contributed by atoms with E-state index in [4.69, 9.17) is 9.47 Å². The predicted octanol–water partition coefficient (Wildman–Crippen LogP) is 1.72. The fourth-order valence-corrected chi connectivity index (χ4v) is 2.67. The van der Waals surface area contributed by atoms with Crippen LogP contribution >= 0.6 is 0 Å². The van der Waals surface area contributed by atoms with Crippen LogP contribution in [0.25, 0.3) is 5.69 Å². The highest BCUT2D eigenvalue weighted by Gasteiger charge is 2.20. The van der Waals surface area contributed by atoms with Crippen LogP contribution in [0.2, 0.25) is 0 Å². The summed E-state index contributed by atoms with van der Waals surface area (Å²) in [6.07, 6.45) is 4.69. The minimum Gasteiger partial charge on any atom is -0.384 e. The van der Waals surface area contributed by atoms with Crippen LogP contribution in [0.4, 0.5) is 0 Å². The Morgan fingerprint density at radius 3 is 3.14 bits per heavy atom. The molecule has 1 aromatic heterocycles. The molecule has 1 aliphatic rings. The van der Waals surface area contributed by atoms with Crippen LogP contribution < -0.4 is 5.32 Å². The van der Waals surface area contributed by atoms with E-state index in [2.05, 4.69) is 39.1 Å². The standard InChI is InChI=1S/C16H21N3O2/c1-20-8-6-13-4-2-3-5-14(13)19-12-18-10-15(19)16-11-17-7-9-21-16/h2-5,10,12,16-17H,6-9,11H2,1H3. The summed E-state index contributed by atoms with van der Waals surface area (Å²) >= 11 is 0. The molecule has 0 saturated carbocycles. The first kappa shape index (κ1) is 14.3. The van der Waals surface area contributed by atoms with Crippen molar-refractivity contribution < 1.29 is 9.47 Å². The van der Waals surface area contributed by atoms with E-state index >= 15 is 0 Å². The van der Waals surface area contributed by atoms with Crippen molar-refractivity contribution in [1.82, 2.24) is 14.9 Å². The fraction of sp³-hybridized carbons (Fsp3) is 0.438. The summed E-state index contributed by atoms with van der Waals surface area (Å²) in [6, 6.07) is 8.36. The molecule has 5 nitrogen and oxygen atoms in total. The van der Waals surface area contributed by atoms with Gasteiger partial charge in [0.25, 0.3) is 0 Å². The van der Waals surface area contributed by atoms with E-state index in [0.717, 1.165) is 37.5 Å². The lowest BCUT2D eigenvalue weighted by Gasteiger charge is -2.25. The second-order valence-corrected chi connectivity index (χ2v) is 5.12. The zero-order chi connectivity index (χ0) is 14.5. The quantitative estimate of drug-likeness (QED) is 0.909. The molecule has 1 N–H and O–H groups in total. The Hall–Kier alpha value is -1.69. The lowest BCUT2D eigenvalue weighted by molar-refractivity contribution is 0.0240. The van der Waals surface area contributed by atoms with Crippen LogP contribution in [0.1, 0.15) is 17.4 Å². The average molecular weight is 287 g/mol. The van der Waals surface area contributed by atoms with Crippen molar-refractivity contribution in [3.8, 4) is 5.69 Å². The number of imidazole rings is 1. The molecule has 1 atom stereocenters. The minimum absolute atomic E-state index is 0.0525. The maximum Gasteiger partial charge on any atom is 0.112 e. The fourth-order valence-electron chi connectivity index (χ4n) is 2.67. The van der Waals surface area contributed by atoms with Crippen LogP contribution in [-0.4, -0.2) is 43.0 Å². The van der Waals surface area contributed by atoms with Crippen LogP contribution in [-0.2, 0) is 15.9 Å². The van der Waals surface area contributed by atoms with Gasteiger partial charge in [0.2, 0.25) is 0 Å². The molecule has 5 heteroatoms. The van der Waals surface area contributed by atoms with Crippen molar-refractivity contribution in [2.75, 3.05) is 33.4 Å². The van der Waals surface area contributed by atoms with Crippen molar-refractivity contribution in [2.45, 2.75) is 12.5 Å². The van der Waals surface area contributed by atoms with Crippen LogP contribution in [0.5, 0.6) is 0 Å². The molecule has 0 aliphatic carbocycles. The van der Waals surface area contributed by atoms with E-state index in [9.17, 15) is 0 Å². The zero-order valence-electron chi connectivity index (χ0n) is 12.3. The summed E-state index contributed by atoms with van der Waals surface area (Å²) in [7, 11) is 1.73. The minimum atomic E-state index is 0.0525. The molecule has 1 saturated heterocycles. The van der Waals surface area contributed by atoms with Crippen molar-refractivity contribution in [3.05, 3.63) is 48.0 Å². The molecule has 1 unspecified atom stereocenters. The zero-order valence-corrected chi connectivity index (χ0v) is 12.3. The number of rotatable bonds is 5. The van der Waals surface area contributed by atoms with Gasteiger partial charge >= 0.3 is 0 Å². The highest BCUT2D eigenvalue weighted by Crippen LogP contribution is 2.24. The van der Waals surface area contributed by atoms with Crippen LogP contribution in [0.15, 0.2) is 36.8 Å². The number of para-hydroxylation sites is 1. The van der Waals surface area contributed by atoms with Crippen molar-refractivity contribution in [1.29, 1.82) is 0 Å². The summed E-state index contributed by atoms with van der Waals surface area (Å²) in [6.45, 7) is 3.19. The smallest absolute Gasteiger partial charge is 0.112 e. The number of hydrogen-bond acceptors (Lipinski definition) is 4. The van der Waals surface area contributed by atoms with Gasteiger partial charge in [0, 0.05) is 20.2 Å². The average Bonchev–Trinajstić information content (AvgIpc) is 3.03. The third-order valence-electron chi connectivity index (χ3n) is 3.75. The predicted molar refractivity (Wildman–Crippen MR) is 80.7 cm³/mol. The molecule has 2 heterocycles. The molecule has 1 aromatic carbocycles. The van der Waals surface area contributed by atoms with Crippen molar-refractivity contribution in [2.24, 2.45) is 0 Å². The third kappa shape index (κ3) is 3.15. The Kier molecular flexibility index (Phi) is 4.65. The molecule has 21 heavy (non-hydrogen) atoms. The monoisotopic (exact) mass is 287 g/mol. The third-order valence-corrected chi connectivity index (χ3v) is 3.75. The highest BCUT2D eigenvalue weighted by molar-refractivity contribution is 5.42. The van der Waals surface area contributed by atoms with E-state index in [0.29, 0.717) is 6.61 Å². The number of methoxy groups -OCH3 is 1. The lowest BCUT2D eigenvalue weighted by atomic mass is 10.1. The summed E-state index contributed by atoms with van der Waals surface area (Å²) in [5.74, 6) is 0. The van der Waals surface area contributed by atoms with Gasteiger partial charge in [-0.3, -0.25) is 0 Å². The molecule has 112 valence electrons. The first-order chi connectivity index (χ1) is 10.4. The Bertz CT molecular complexity index is 576. The molecule has 3 rings (SSSR count). The Labute approximate surface area is 124 Å². The number of nitrogens with zero attached hydrogens (tertiary/aromatic N) is 2. The molecular weight excluding hydrogens is 266 g/mol. The maximum absolute atomic E-state index is 5.86. The molecule has 1 fully saturated rings. The first-order valence-electron chi connectivity index (χ1n) is 7.32. The molecule has 1 aliphatic heterocycles. The van der Waals surface area contributed by atoms with E-state index in [1.54, 1.807) is 7.11 Å².